The summed E-state index contributed by atoms with van der Waals surface area (Å²) in [6.07, 6.45) is 2.50. The zero-order chi connectivity index (χ0) is 27.0. The molecule has 0 bridgehead atoms. The normalized spacial score (nSPS) is 19.3. The molecule has 0 radical (unpaired) electrons. The fourth-order valence-corrected chi connectivity index (χ4v) is 8.18. The topological polar surface area (TPSA) is 131 Å². The Kier molecular flexibility index (Phi) is 7.63. The van der Waals surface area contributed by atoms with Crippen LogP contribution in [0.15, 0.2) is 60.0 Å². The number of amides is 1. The van der Waals surface area contributed by atoms with Crippen molar-refractivity contribution in [3.63, 3.8) is 0 Å². The van der Waals surface area contributed by atoms with E-state index in [1.165, 1.54) is 0 Å². The van der Waals surface area contributed by atoms with E-state index in [1.807, 2.05) is 53.9 Å². The second-order valence-electron chi connectivity index (χ2n) is 9.95. The summed E-state index contributed by atoms with van der Waals surface area (Å²) in [7, 11) is -7.64. The number of hydrogen-bond acceptors (Lipinski definition) is 9. The van der Waals surface area contributed by atoms with Crippen molar-refractivity contribution in [3.8, 4) is 10.4 Å². The molecule has 0 unspecified atom stereocenters. The smallest absolute Gasteiger partial charge is 0.397 e. The molecule has 0 saturated carbocycles. The highest BCUT2D eigenvalue weighted by Crippen LogP contribution is 2.66. The Morgan fingerprint density at radius 1 is 1.13 bits per heavy atom. The molecule has 2 aromatic carbocycles. The molecule has 12 heteroatoms. The van der Waals surface area contributed by atoms with Gasteiger partial charge in [-0.1, -0.05) is 24.3 Å². The van der Waals surface area contributed by atoms with Gasteiger partial charge in [-0.2, -0.15) is 22.4 Å². The van der Waals surface area contributed by atoms with Crippen molar-refractivity contribution < 1.29 is 27.2 Å². The van der Waals surface area contributed by atoms with Crippen molar-refractivity contribution in [2.45, 2.75) is 19.4 Å². The Hall–Kier alpha value is -2.37. The predicted molar refractivity (Wildman–Crippen MR) is 151 cm³/mol. The van der Waals surface area contributed by atoms with Gasteiger partial charge < -0.3 is 11.1 Å². The van der Waals surface area contributed by atoms with E-state index in [0.29, 0.717) is 16.9 Å². The number of piperidine rings is 1. The van der Waals surface area contributed by atoms with Crippen LogP contribution in [0.25, 0.3) is 10.4 Å². The number of benzene rings is 2. The highest BCUT2D eigenvalue weighted by Gasteiger charge is 2.60. The van der Waals surface area contributed by atoms with Crippen molar-refractivity contribution in [1.82, 2.24) is 4.90 Å². The first-order valence-electron chi connectivity index (χ1n) is 12.2. The van der Waals surface area contributed by atoms with Crippen LogP contribution in [0, 0.1) is 5.41 Å². The van der Waals surface area contributed by atoms with Gasteiger partial charge in [0.1, 0.15) is 13.2 Å². The SMILES string of the molecule is CS(=O)(=O)[P+]1(O)OCC2(CCN(Cc3ccc(C(=O)Nc4cc(-c5cccs5)ccc4N)cc3)CC2)CO1. The van der Waals surface area contributed by atoms with E-state index in [-0.39, 0.29) is 24.5 Å². The summed E-state index contributed by atoms with van der Waals surface area (Å²) >= 11 is 1.63. The van der Waals surface area contributed by atoms with Crippen molar-refractivity contribution >= 4 is 45.2 Å². The van der Waals surface area contributed by atoms with Crippen LogP contribution >= 0.6 is 18.5 Å². The lowest BCUT2D eigenvalue weighted by atomic mass is 9.80. The Bertz CT molecular complexity index is 1400. The van der Waals surface area contributed by atoms with Crippen LogP contribution in [-0.4, -0.2) is 56.7 Å². The summed E-state index contributed by atoms with van der Waals surface area (Å²) in [6.45, 7) is 2.69. The lowest BCUT2D eigenvalue weighted by molar-refractivity contribution is -0.0312. The van der Waals surface area contributed by atoms with E-state index in [9.17, 15) is 18.1 Å². The Balaban J connectivity index is 1.15. The van der Waals surface area contributed by atoms with Gasteiger partial charge >= 0.3 is 16.6 Å². The van der Waals surface area contributed by atoms with Crippen LogP contribution < -0.4 is 11.1 Å². The van der Waals surface area contributed by atoms with Gasteiger partial charge in [-0.25, -0.2) is 0 Å². The first-order chi connectivity index (χ1) is 18.1. The molecular weight excluding hydrogens is 545 g/mol. The molecule has 9 nitrogen and oxygen atoms in total. The minimum absolute atomic E-state index is 0.183. The van der Waals surface area contributed by atoms with Gasteiger partial charge in [0.2, 0.25) is 0 Å². The molecule has 1 aromatic heterocycles. The van der Waals surface area contributed by atoms with E-state index >= 15 is 0 Å². The second kappa shape index (κ2) is 10.7. The average molecular weight is 577 g/mol. The molecule has 3 heterocycles. The molecule has 5 rings (SSSR count). The Morgan fingerprint density at radius 3 is 2.42 bits per heavy atom. The maximum Gasteiger partial charge on any atom is 0.532 e. The number of rotatable bonds is 6. The minimum Gasteiger partial charge on any atom is -0.397 e. The average Bonchev–Trinajstić information content (AvgIpc) is 3.44. The number of thiophene rings is 1. The van der Waals surface area contributed by atoms with Crippen molar-refractivity contribution in [2.75, 3.05) is 43.6 Å². The number of carbonyl (C=O) groups excluding carboxylic acids is 1. The second-order valence-corrected chi connectivity index (χ2v) is 17.2. The summed E-state index contributed by atoms with van der Waals surface area (Å²) in [4.78, 5) is 26.5. The third-order valence-corrected chi connectivity index (χ3v) is 12.9. The lowest BCUT2D eigenvalue weighted by Crippen LogP contribution is -2.47. The van der Waals surface area contributed by atoms with Crippen LogP contribution in [-0.2, 0) is 25.0 Å². The fraction of sp³-hybridized carbons (Fsp3) is 0.346. The molecule has 0 atom stereocenters. The summed E-state index contributed by atoms with van der Waals surface area (Å²) in [6, 6.07) is 17.2. The number of hydrogen-bond donors (Lipinski definition) is 3. The first kappa shape index (κ1) is 27.2. The maximum atomic E-state index is 12.9. The monoisotopic (exact) mass is 576 g/mol. The lowest BCUT2D eigenvalue weighted by Gasteiger charge is -2.42. The molecule has 4 N–H and O–H groups in total. The molecule has 2 fully saturated rings. The van der Waals surface area contributed by atoms with Crippen LogP contribution in [0.3, 0.4) is 0 Å². The largest absolute Gasteiger partial charge is 0.532 e. The number of nitrogens with zero attached hydrogens (tertiary/aromatic N) is 1. The summed E-state index contributed by atoms with van der Waals surface area (Å²) < 4.78 is 34.3. The fourth-order valence-electron chi connectivity index (χ4n) is 4.66. The molecule has 2 saturated heterocycles. The first-order valence-corrected chi connectivity index (χ1v) is 17.2. The highest BCUT2D eigenvalue weighted by atomic mass is 32.8. The van der Waals surface area contributed by atoms with E-state index in [2.05, 4.69) is 10.2 Å². The molecule has 38 heavy (non-hydrogen) atoms. The molecular formula is C26H31N3O6PS2+. The molecule has 0 aliphatic carbocycles. The predicted octanol–water partition coefficient (Wildman–Crippen LogP) is 4.59. The zero-order valence-corrected chi connectivity index (χ0v) is 23.5. The van der Waals surface area contributed by atoms with E-state index in [1.54, 1.807) is 17.4 Å². The summed E-state index contributed by atoms with van der Waals surface area (Å²) in [5.74, 6) is -0.222. The van der Waals surface area contributed by atoms with E-state index in [0.717, 1.165) is 54.7 Å². The summed E-state index contributed by atoms with van der Waals surface area (Å²) in [5.41, 5.74) is 9.56. The molecule has 2 aliphatic heterocycles. The highest BCUT2D eigenvalue weighted by molar-refractivity contribution is 8.51. The zero-order valence-electron chi connectivity index (χ0n) is 21.0. The van der Waals surface area contributed by atoms with E-state index < -0.39 is 16.6 Å². The van der Waals surface area contributed by atoms with E-state index in [4.69, 9.17) is 14.8 Å². The van der Waals surface area contributed by atoms with Crippen LogP contribution in [0.2, 0.25) is 0 Å². The van der Waals surface area contributed by atoms with Gasteiger partial charge in [0.25, 0.3) is 5.91 Å². The number of nitrogens with one attached hydrogen (secondary N) is 1. The van der Waals surface area contributed by atoms with Gasteiger partial charge in [-0.05, 0) is 72.8 Å². The van der Waals surface area contributed by atoms with Crippen LogP contribution in [0.1, 0.15) is 28.8 Å². The van der Waals surface area contributed by atoms with Gasteiger partial charge in [0.05, 0.1) is 17.6 Å². The Morgan fingerprint density at radius 2 is 1.82 bits per heavy atom. The molecule has 202 valence electrons. The quantitative estimate of drug-likeness (QED) is 0.287. The number of carbonyl (C=O) groups is 1. The standard InChI is InChI=1S/C26H30N3O6PS2/c1-38(32,33)36(31)34-17-26(18-35-36)10-12-29(13-11-26)16-19-4-6-20(7-5-19)25(30)28-23-15-21(8-9-22(23)27)24-3-2-14-37-24/h2-9,14-15,31H,10-13,16-18,27H2,1H3/p+1. The summed E-state index contributed by atoms with van der Waals surface area (Å²) in [5, 5.41) is 4.94. The number of nitrogens with two attached hydrogens (primary N) is 1. The third-order valence-electron chi connectivity index (χ3n) is 7.13. The molecule has 1 spiro atoms. The molecule has 1 amide bonds. The molecule has 3 aromatic rings. The minimum atomic E-state index is -3.84. The van der Waals surface area contributed by atoms with Gasteiger partial charge in [-0.3, -0.25) is 9.69 Å². The van der Waals surface area contributed by atoms with Crippen molar-refractivity contribution in [2.24, 2.45) is 5.41 Å². The molecule has 2 aliphatic rings. The van der Waals surface area contributed by atoms with Gasteiger partial charge in [0.15, 0.2) is 0 Å². The van der Waals surface area contributed by atoms with Crippen LogP contribution in [0.4, 0.5) is 11.4 Å². The van der Waals surface area contributed by atoms with Crippen LogP contribution in [0.5, 0.6) is 0 Å². The number of anilines is 2. The third kappa shape index (κ3) is 5.79. The maximum absolute atomic E-state index is 12.9. The van der Waals surface area contributed by atoms with Crippen molar-refractivity contribution in [1.29, 1.82) is 0 Å². The Labute approximate surface area is 226 Å². The number of likely N-dealkylation sites (tertiary alicyclic amines) is 1. The van der Waals surface area contributed by atoms with Gasteiger partial charge in [0, 0.05) is 22.4 Å². The van der Waals surface area contributed by atoms with Gasteiger partial charge in [-0.15, -0.1) is 11.3 Å². The van der Waals surface area contributed by atoms with Crippen molar-refractivity contribution in [3.05, 3.63) is 71.1 Å². The number of nitrogen functional groups attached to an aromatic ring is 1.